The maximum Gasteiger partial charge on any atom is 0.307 e. The number of ether oxygens (including phenoxy) is 1. The molecule has 6 heteroatoms. The fourth-order valence-electron chi connectivity index (χ4n) is 1.99. The van der Waals surface area contributed by atoms with E-state index in [-0.39, 0.29) is 24.7 Å². The molecule has 2 N–H and O–H groups in total. The SMILES string of the molecule is C=CCNC(CC(=O)OCC)C(=O)c1ccc(NC(C)=O)cc1. The number of rotatable bonds is 9. The zero-order chi connectivity index (χ0) is 17.2. The molecule has 0 aliphatic heterocycles. The van der Waals surface area contributed by atoms with Gasteiger partial charge in [-0.2, -0.15) is 0 Å². The van der Waals surface area contributed by atoms with Crippen molar-refractivity contribution >= 4 is 23.3 Å². The molecule has 0 aliphatic rings. The van der Waals surface area contributed by atoms with Crippen molar-refractivity contribution in [3.05, 3.63) is 42.5 Å². The average Bonchev–Trinajstić information content (AvgIpc) is 2.51. The molecule has 6 nitrogen and oxygen atoms in total. The van der Waals surface area contributed by atoms with Gasteiger partial charge in [0, 0.05) is 24.7 Å². The van der Waals surface area contributed by atoms with Crippen LogP contribution in [0.25, 0.3) is 0 Å². The molecule has 0 aliphatic carbocycles. The van der Waals surface area contributed by atoms with Gasteiger partial charge in [0.05, 0.1) is 19.1 Å². The number of carbonyl (C=O) groups excluding carboxylic acids is 3. The van der Waals surface area contributed by atoms with Crippen molar-refractivity contribution in [2.45, 2.75) is 26.3 Å². The normalized spacial score (nSPS) is 11.4. The third-order valence-electron chi connectivity index (χ3n) is 2.99. The lowest BCUT2D eigenvalue weighted by atomic mass is 10.0. The van der Waals surface area contributed by atoms with Crippen LogP contribution in [0, 0.1) is 0 Å². The second kappa shape index (κ2) is 9.53. The van der Waals surface area contributed by atoms with Crippen molar-refractivity contribution < 1.29 is 19.1 Å². The Hall–Kier alpha value is -2.47. The second-order valence-electron chi connectivity index (χ2n) is 4.88. The first-order valence-electron chi connectivity index (χ1n) is 7.39. The quantitative estimate of drug-likeness (QED) is 0.413. The highest BCUT2D eigenvalue weighted by Crippen LogP contribution is 2.13. The second-order valence-corrected chi connectivity index (χ2v) is 4.88. The molecule has 23 heavy (non-hydrogen) atoms. The monoisotopic (exact) mass is 318 g/mol. The van der Waals surface area contributed by atoms with Crippen molar-refractivity contribution in [3.8, 4) is 0 Å². The molecule has 1 unspecified atom stereocenters. The number of carbonyl (C=O) groups is 3. The lowest BCUT2D eigenvalue weighted by Gasteiger charge is -2.16. The number of nitrogens with one attached hydrogen (secondary N) is 2. The van der Waals surface area contributed by atoms with E-state index in [1.807, 2.05) is 0 Å². The molecule has 1 atom stereocenters. The Morgan fingerprint density at radius 1 is 1.26 bits per heavy atom. The maximum absolute atomic E-state index is 12.5. The standard InChI is InChI=1S/C17H22N2O4/c1-4-10-18-15(11-16(21)23-5-2)17(22)13-6-8-14(9-7-13)19-12(3)20/h4,6-9,15,18H,1,5,10-11H2,2-3H3,(H,19,20). The predicted molar refractivity (Wildman–Crippen MR) is 88.3 cm³/mol. The van der Waals surface area contributed by atoms with Crippen LogP contribution in [0.1, 0.15) is 30.6 Å². The first kappa shape index (κ1) is 18.6. The van der Waals surface area contributed by atoms with Gasteiger partial charge in [-0.15, -0.1) is 6.58 Å². The third kappa shape index (κ3) is 6.44. The molecule has 0 spiro atoms. The number of Topliss-reactive ketones (excluding diaryl/α,β-unsaturated/α-hetero) is 1. The highest BCUT2D eigenvalue weighted by Gasteiger charge is 2.23. The van der Waals surface area contributed by atoms with Crippen molar-refractivity contribution in [2.75, 3.05) is 18.5 Å². The molecule has 0 radical (unpaired) electrons. The summed E-state index contributed by atoms with van der Waals surface area (Å²) < 4.78 is 4.90. The molecule has 0 aromatic heterocycles. The van der Waals surface area contributed by atoms with Gasteiger partial charge in [-0.05, 0) is 31.2 Å². The fraction of sp³-hybridized carbons (Fsp3) is 0.353. The number of anilines is 1. The van der Waals surface area contributed by atoms with Crippen molar-refractivity contribution in [3.63, 3.8) is 0 Å². The summed E-state index contributed by atoms with van der Waals surface area (Å²) >= 11 is 0. The van der Waals surface area contributed by atoms with Crippen LogP contribution in [0.2, 0.25) is 0 Å². The summed E-state index contributed by atoms with van der Waals surface area (Å²) in [5.74, 6) is -0.830. The molecule has 1 rings (SSSR count). The summed E-state index contributed by atoms with van der Waals surface area (Å²) in [6.45, 7) is 7.39. The van der Waals surface area contributed by atoms with Crippen LogP contribution in [0.5, 0.6) is 0 Å². The first-order chi connectivity index (χ1) is 11.0. The molecular weight excluding hydrogens is 296 g/mol. The van der Waals surface area contributed by atoms with Gasteiger partial charge >= 0.3 is 5.97 Å². The van der Waals surface area contributed by atoms with Gasteiger partial charge in [0.1, 0.15) is 0 Å². The number of esters is 1. The summed E-state index contributed by atoms with van der Waals surface area (Å²) in [4.78, 5) is 35.2. The highest BCUT2D eigenvalue weighted by atomic mass is 16.5. The van der Waals surface area contributed by atoms with E-state index in [0.29, 0.717) is 17.8 Å². The minimum absolute atomic E-state index is 0.0477. The van der Waals surface area contributed by atoms with Crippen LogP contribution < -0.4 is 10.6 Å². The summed E-state index contributed by atoms with van der Waals surface area (Å²) in [6, 6.07) is 5.83. The molecular formula is C17H22N2O4. The molecule has 1 aromatic rings. The Labute approximate surface area is 135 Å². The fourth-order valence-corrected chi connectivity index (χ4v) is 1.99. The number of ketones is 1. The van der Waals surface area contributed by atoms with Gasteiger partial charge in [-0.1, -0.05) is 6.08 Å². The van der Waals surface area contributed by atoms with Gasteiger partial charge in [-0.25, -0.2) is 0 Å². The van der Waals surface area contributed by atoms with E-state index in [1.165, 1.54) is 6.92 Å². The Morgan fingerprint density at radius 2 is 1.91 bits per heavy atom. The van der Waals surface area contributed by atoms with Gasteiger partial charge in [0.2, 0.25) is 5.91 Å². The zero-order valence-corrected chi connectivity index (χ0v) is 13.4. The smallest absolute Gasteiger partial charge is 0.307 e. The molecule has 1 amide bonds. The zero-order valence-electron chi connectivity index (χ0n) is 13.4. The summed E-state index contributed by atoms with van der Waals surface area (Å²) in [7, 11) is 0. The Bertz CT molecular complexity index is 566. The van der Waals surface area contributed by atoms with Crippen LogP contribution in [-0.4, -0.2) is 36.9 Å². The van der Waals surface area contributed by atoms with Gasteiger partial charge in [-0.3, -0.25) is 14.4 Å². The Morgan fingerprint density at radius 3 is 2.43 bits per heavy atom. The molecule has 0 fully saturated rings. The van der Waals surface area contributed by atoms with Crippen LogP contribution in [0.3, 0.4) is 0 Å². The minimum atomic E-state index is -0.682. The number of hydrogen-bond acceptors (Lipinski definition) is 5. The van der Waals surface area contributed by atoms with Gasteiger partial charge in [0.25, 0.3) is 0 Å². The van der Waals surface area contributed by atoms with E-state index >= 15 is 0 Å². The van der Waals surface area contributed by atoms with Crippen molar-refractivity contribution in [1.82, 2.24) is 5.32 Å². The lowest BCUT2D eigenvalue weighted by Crippen LogP contribution is -2.39. The summed E-state index contributed by atoms with van der Waals surface area (Å²) in [5, 5.41) is 5.60. The number of amides is 1. The third-order valence-corrected chi connectivity index (χ3v) is 2.99. The summed E-state index contributed by atoms with van der Waals surface area (Å²) in [5.41, 5.74) is 1.06. The Kier molecular flexibility index (Phi) is 7.70. The molecule has 0 saturated carbocycles. The van der Waals surface area contributed by atoms with E-state index in [1.54, 1.807) is 37.3 Å². The summed E-state index contributed by atoms with van der Waals surface area (Å²) in [6.07, 6.45) is 1.57. The van der Waals surface area contributed by atoms with Crippen LogP contribution in [-0.2, 0) is 14.3 Å². The number of benzene rings is 1. The van der Waals surface area contributed by atoms with E-state index < -0.39 is 12.0 Å². The van der Waals surface area contributed by atoms with Gasteiger partial charge < -0.3 is 15.4 Å². The number of hydrogen-bond donors (Lipinski definition) is 2. The average molecular weight is 318 g/mol. The molecule has 1 aromatic carbocycles. The largest absolute Gasteiger partial charge is 0.466 e. The van der Waals surface area contributed by atoms with Crippen molar-refractivity contribution in [2.24, 2.45) is 0 Å². The topological polar surface area (TPSA) is 84.5 Å². The highest BCUT2D eigenvalue weighted by molar-refractivity contribution is 6.02. The first-order valence-corrected chi connectivity index (χ1v) is 7.39. The van der Waals surface area contributed by atoms with Crippen LogP contribution in [0.15, 0.2) is 36.9 Å². The van der Waals surface area contributed by atoms with Gasteiger partial charge in [0.15, 0.2) is 5.78 Å². The van der Waals surface area contributed by atoms with Crippen LogP contribution >= 0.6 is 0 Å². The van der Waals surface area contributed by atoms with Crippen LogP contribution in [0.4, 0.5) is 5.69 Å². The molecule has 0 bridgehead atoms. The van der Waals surface area contributed by atoms with E-state index in [9.17, 15) is 14.4 Å². The minimum Gasteiger partial charge on any atom is -0.466 e. The predicted octanol–water partition coefficient (Wildman–Crippen LogP) is 1.93. The van der Waals surface area contributed by atoms with E-state index in [4.69, 9.17) is 4.74 Å². The van der Waals surface area contributed by atoms with E-state index in [0.717, 1.165) is 0 Å². The molecule has 0 saturated heterocycles. The van der Waals surface area contributed by atoms with E-state index in [2.05, 4.69) is 17.2 Å². The lowest BCUT2D eigenvalue weighted by molar-refractivity contribution is -0.143. The van der Waals surface area contributed by atoms with Crippen molar-refractivity contribution in [1.29, 1.82) is 0 Å². The Balaban J connectivity index is 2.83. The molecule has 0 heterocycles. The molecule has 124 valence electrons. The maximum atomic E-state index is 12.5.